The van der Waals surface area contributed by atoms with Gasteiger partial charge in [0.15, 0.2) is 0 Å². The average Bonchev–Trinajstić information content (AvgIpc) is 2.65. The fourth-order valence-electron chi connectivity index (χ4n) is 2.10. The van der Waals surface area contributed by atoms with E-state index in [0.717, 1.165) is 15.1 Å². The number of hydrogen-bond donors (Lipinski definition) is 1. The van der Waals surface area contributed by atoms with Gasteiger partial charge in [-0.05, 0) is 30.5 Å². The van der Waals surface area contributed by atoms with Gasteiger partial charge < -0.3 is 10.6 Å². The molecule has 0 radical (unpaired) electrons. The number of thiophene rings is 1. The quantitative estimate of drug-likeness (QED) is 0.861. The number of halogens is 1. The Labute approximate surface area is 126 Å². The van der Waals surface area contributed by atoms with Gasteiger partial charge in [0.1, 0.15) is 10.6 Å². The zero-order valence-electron chi connectivity index (χ0n) is 11.7. The third-order valence-electron chi connectivity index (χ3n) is 2.70. The largest absolute Gasteiger partial charge is 0.368 e. The number of nitrogens with zero attached hydrogens (tertiary/aromatic N) is 3. The molecule has 2 aromatic heterocycles. The zero-order chi connectivity index (χ0) is 14.9. The van der Waals surface area contributed by atoms with Crippen LogP contribution in [-0.2, 0) is 4.79 Å². The normalized spacial score (nSPS) is 11.2. The maximum absolute atomic E-state index is 11.3. The van der Waals surface area contributed by atoms with Gasteiger partial charge in [0, 0.05) is 11.4 Å². The van der Waals surface area contributed by atoms with Gasteiger partial charge in [0.2, 0.25) is 11.2 Å². The highest BCUT2D eigenvalue weighted by molar-refractivity contribution is 7.18. The Morgan fingerprint density at radius 2 is 2.20 bits per heavy atom. The van der Waals surface area contributed by atoms with Crippen molar-refractivity contribution in [2.45, 2.75) is 20.8 Å². The number of primary amides is 1. The first-order valence-corrected chi connectivity index (χ1v) is 7.53. The van der Waals surface area contributed by atoms with Gasteiger partial charge in [0.05, 0.1) is 11.9 Å². The molecule has 0 unspecified atom stereocenters. The van der Waals surface area contributed by atoms with Crippen LogP contribution >= 0.6 is 22.9 Å². The van der Waals surface area contributed by atoms with E-state index in [0.29, 0.717) is 18.3 Å². The predicted molar refractivity (Wildman–Crippen MR) is 83.4 cm³/mol. The molecule has 2 N–H and O–H groups in total. The predicted octanol–water partition coefficient (Wildman–Crippen LogP) is 2.60. The number of aromatic nitrogens is 2. The average molecular weight is 313 g/mol. The molecule has 20 heavy (non-hydrogen) atoms. The highest BCUT2D eigenvalue weighted by Crippen LogP contribution is 2.31. The molecule has 0 atom stereocenters. The number of carbonyl (C=O) groups is 1. The fraction of sp³-hybridized carbons (Fsp3) is 0.462. The molecule has 0 aliphatic rings. The van der Waals surface area contributed by atoms with Gasteiger partial charge in [-0.15, -0.1) is 11.3 Å². The molecule has 0 aromatic carbocycles. The number of aryl methyl sites for hydroxylation is 1. The monoisotopic (exact) mass is 312 g/mol. The van der Waals surface area contributed by atoms with Gasteiger partial charge in [-0.2, -0.15) is 4.98 Å². The molecular formula is C13H17ClN4OS. The summed E-state index contributed by atoms with van der Waals surface area (Å²) in [5, 5.41) is 1.10. The van der Waals surface area contributed by atoms with Crippen LogP contribution < -0.4 is 10.6 Å². The highest BCUT2D eigenvalue weighted by Gasteiger charge is 2.18. The van der Waals surface area contributed by atoms with Gasteiger partial charge in [-0.3, -0.25) is 4.79 Å². The van der Waals surface area contributed by atoms with Crippen LogP contribution in [0.25, 0.3) is 10.2 Å². The molecule has 0 spiro atoms. The second-order valence-corrected chi connectivity index (χ2v) is 6.71. The van der Waals surface area contributed by atoms with Crippen molar-refractivity contribution in [3.63, 3.8) is 0 Å². The Bertz CT molecular complexity index is 641. The summed E-state index contributed by atoms with van der Waals surface area (Å²) >= 11 is 7.55. The maximum Gasteiger partial charge on any atom is 0.236 e. The first-order valence-electron chi connectivity index (χ1n) is 6.33. The van der Waals surface area contributed by atoms with E-state index >= 15 is 0 Å². The molecular weight excluding hydrogens is 296 g/mol. The lowest BCUT2D eigenvalue weighted by atomic mass is 10.2. The summed E-state index contributed by atoms with van der Waals surface area (Å²) in [5.74, 6) is 0.662. The molecule has 5 nitrogen and oxygen atoms in total. The van der Waals surface area contributed by atoms with Gasteiger partial charge in [-0.25, -0.2) is 4.98 Å². The van der Waals surface area contributed by atoms with Crippen LogP contribution in [0.15, 0.2) is 6.07 Å². The molecule has 108 valence electrons. The Hall–Kier alpha value is -1.40. The highest BCUT2D eigenvalue weighted by atomic mass is 35.5. The minimum atomic E-state index is -0.388. The van der Waals surface area contributed by atoms with E-state index < -0.39 is 0 Å². The van der Waals surface area contributed by atoms with E-state index in [1.807, 2.05) is 17.9 Å². The summed E-state index contributed by atoms with van der Waals surface area (Å²) < 4.78 is 0. The Balaban J connectivity index is 2.53. The van der Waals surface area contributed by atoms with Crippen LogP contribution in [0.5, 0.6) is 0 Å². The van der Waals surface area contributed by atoms with E-state index in [2.05, 4.69) is 23.8 Å². The van der Waals surface area contributed by atoms with Crippen molar-refractivity contribution < 1.29 is 4.79 Å². The molecule has 2 aromatic rings. The zero-order valence-corrected chi connectivity index (χ0v) is 13.3. The minimum Gasteiger partial charge on any atom is -0.368 e. The third-order valence-corrected chi connectivity index (χ3v) is 3.81. The minimum absolute atomic E-state index is 0.121. The smallest absolute Gasteiger partial charge is 0.236 e. The van der Waals surface area contributed by atoms with Gasteiger partial charge >= 0.3 is 0 Å². The molecule has 2 rings (SSSR count). The second-order valence-electron chi connectivity index (χ2n) is 5.13. The van der Waals surface area contributed by atoms with Gasteiger partial charge in [-0.1, -0.05) is 13.8 Å². The molecule has 0 aliphatic carbocycles. The fourth-order valence-corrected chi connectivity index (χ4v) is 3.19. The first-order chi connectivity index (χ1) is 9.36. The van der Waals surface area contributed by atoms with Crippen molar-refractivity contribution >= 4 is 44.9 Å². The standard InChI is InChI=1S/C13H17ClN4OS/c1-7(2)5-18(6-10(15)19)11-9-4-8(3)20-12(9)17-13(14)16-11/h4,7H,5-6H2,1-3H3,(H2,15,19). The SMILES string of the molecule is Cc1cc2c(N(CC(N)=O)CC(C)C)nc(Cl)nc2s1. The van der Waals surface area contributed by atoms with Crippen molar-refractivity contribution in [2.24, 2.45) is 11.7 Å². The first kappa shape index (κ1) is 15.0. The number of amides is 1. The number of anilines is 1. The van der Waals surface area contributed by atoms with Crippen LogP contribution in [0.1, 0.15) is 18.7 Å². The Morgan fingerprint density at radius 3 is 2.80 bits per heavy atom. The topological polar surface area (TPSA) is 72.1 Å². The van der Waals surface area contributed by atoms with Crippen LogP contribution in [0, 0.1) is 12.8 Å². The lowest BCUT2D eigenvalue weighted by molar-refractivity contribution is -0.116. The van der Waals surface area contributed by atoms with Crippen molar-refractivity contribution in [3.8, 4) is 0 Å². The molecule has 0 fully saturated rings. The molecule has 0 saturated heterocycles. The summed E-state index contributed by atoms with van der Waals surface area (Å²) in [6.07, 6.45) is 0. The number of fused-ring (bicyclic) bond motifs is 1. The summed E-state index contributed by atoms with van der Waals surface area (Å²) in [4.78, 5) is 23.7. The number of hydrogen-bond acceptors (Lipinski definition) is 5. The molecule has 1 amide bonds. The van der Waals surface area contributed by atoms with E-state index in [1.165, 1.54) is 0 Å². The van der Waals surface area contributed by atoms with Crippen molar-refractivity contribution in [3.05, 3.63) is 16.2 Å². The van der Waals surface area contributed by atoms with Crippen LogP contribution in [0.3, 0.4) is 0 Å². The summed E-state index contributed by atoms with van der Waals surface area (Å²) in [7, 11) is 0. The molecule has 2 heterocycles. The Morgan fingerprint density at radius 1 is 1.50 bits per heavy atom. The van der Waals surface area contributed by atoms with Crippen LogP contribution in [-0.4, -0.2) is 29.0 Å². The van der Waals surface area contributed by atoms with Gasteiger partial charge in [0.25, 0.3) is 0 Å². The lowest BCUT2D eigenvalue weighted by Gasteiger charge is -2.24. The maximum atomic E-state index is 11.3. The molecule has 0 saturated carbocycles. The molecule has 0 aliphatic heterocycles. The molecule has 7 heteroatoms. The number of rotatable bonds is 5. The van der Waals surface area contributed by atoms with Crippen LogP contribution in [0.2, 0.25) is 5.28 Å². The van der Waals surface area contributed by atoms with E-state index in [4.69, 9.17) is 17.3 Å². The number of nitrogens with two attached hydrogens (primary N) is 1. The van der Waals surface area contributed by atoms with E-state index in [-0.39, 0.29) is 17.7 Å². The van der Waals surface area contributed by atoms with E-state index in [9.17, 15) is 4.79 Å². The van der Waals surface area contributed by atoms with Crippen molar-refractivity contribution in [1.29, 1.82) is 0 Å². The summed E-state index contributed by atoms with van der Waals surface area (Å²) in [6, 6.07) is 2.01. The lowest BCUT2D eigenvalue weighted by Crippen LogP contribution is -2.37. The summed E-state index contributed by atoms with van der Waals surface area (Å²) in [5.41, 5.74) is 5.34. The summed E-state index contributed by atoms with van der Waals surface area (Å²) in [6.45, 7) is 6.96. The Kier molecular flexibility index (Phi) is 4.45. The van der Waals surface area contributed by atoms with E-state index in [1.54, 1.807) is 11.3 Å². The van der Waals surface area contributed by atoms with Crippen molar-refractivity contribution in [1.82, 2.24) is 9.97 Å². The van der Waals surface area contributed by atoms with Crippen molar-refractivity contribution in [2.75, 3.05) is 18.0 Å². The number of carbonyl (C=O) groups excluding carboxylic acids is 1. The second kappa shape index (κ2) is 5.93. The van der Waals surface area contributed by atoms with Crippen LogP contribution in [0.4, 0.5) is 5.82 Å². The molecule has 0 bridgehead atoms. The third kappa shape index (κ3) is 3.37.